The van der Waals surface area contributed by atoms with E-state index in [2.05, 4.69) is 31.6 Å². The predicted octanol–water partition coefficient (Wildman–Crippen LogP) is 4.69. The van der Waals surface area contributed by atoms with Gasteiger partial charge in [0, 0.05) is 45.4 Å². The van der Waals surface area contributed by atoms with Crippen LogP contribution in [0.3, 0.4) is 0 Å². The van der Waals surface area contributed by atoms with Gasteiger partial charge in [0.25, 0.3) is 11.8 Å². The maximum Gasteiger partial charge on any atom is 0.417 e. The van der Waals surface area contributed by atoms with Crippen LogP contribution in [0.1, 0.15) is 56.7 Å². The molecule has 0 aliphatic heterocycles. The molecule has 1 unspecified atom stereocenters. The lowest BCUT2D eigenvalue weighted by Crippen LogP contribution is -2.31. The highest BCUT2D eigenvalue weighted by Crippen LogP contribution is 2.35. The number of pyridine rings is 1. The van der Waals surface area contributed by atoms with Crippen molar-refractivity contribution >= 4 is 56.0 Å². The fraction of sp³-hybridized carbons (Fsp3) is 0.207. The number of hydrogen-bond acceptors (Lipinski definition) is 7. The summed E-state index contributed by atoms with van der Waals surface area (Å²) in [6.45, 7) is 0. The van der Waals surface area contributed by atoms with Gasteiger partial charge >= 0.3 is 12.1 Å². The van der Waals surface area contributed by atoms with Gasteiger partial charge < -0.3 is 15.8 Å². The van der Waals surface area contributed by atoms with E-state index >= 15 is 0 Å². The molecule has 226 valence electrons. The van der Waals surface area contributed by atoms with Crippen LogP contribution in [-0.2, 0) is 25.4 Å². The number of nitrogens with zero attached hydrogens (tertiary/aromatic N) is 1. The van der Waals surface area contributed by atoms with Gasteiger partial charge in [-0.3, -0.25) is 19.1 Å². The SMILES string of the molecule is COC(=O)CCCC=S(C)(=O)NC(=O)c1cnc(N)c(C#Cc2cccc(NC(=O)c3ccc(Cl)c(C(F)(F)F)c3)c2)c1. The third-order valence-electron chi connectivity index (χ3n) is 5.72. The first kappa shape index (κ1) is 33.0. The van der Waals surface area contributed by atoms with Gasteiger partial charge in [0.05, 0.1) is 28.8 Å². The molecular formula is C29H26ClF3N4O5S. The molecule has 14 heteroatoms. The first-order valence-electron chi connectivity index (χ1n) is 12.5. The highest BCUT2D eigenvalue weighted by molar-refractivity contribution is 7.99. The maximum atomic E-state index is 13.2. The highest BCUT2D eigenvalue weighted by atomic mass is 35.5. The Kier molecular flexibility index (Phi) is 10.8. The summed E-state index contributed by atoms with van der Waals surface area (Å²) < 4.78 is 59.2. The lowest BCUT2D eigenvalue weighted by Gasteiger charge is -2.11. The second-order valence-electron chi connectivity index (χ2n) is 9.10. The summed E-state index contributed by atoms with van der Waals surface area (Å²) >= 11 is 5.62. The first-order valence-corrected chi connectivity index (χ1v) is 14.9. The number of nitrogens with one attached hydrogen (secondary N) is 2. The van der Waals surface area contributed by atoms with Crippen molar-refractivity contribution in [1.29, 1.82) is 0 Å². The van der Waals surface area contributed by atoms with Gasteiger partial charge in [0.15, 0.2) is 0 Å². The lowest BCUT2D eigenvalue weighted by molar-refractivity contribution is -0.140. The molecule has 0 aliphatic rings. The first-order chi connectivity index (χ1) is 20.2. The number of hydrogen-bond donors (Lipinski definition) is 3. The van der Waals surface area contributed by atoms with Crippen LogP contribution in [0.15, 0.2) is 54.7 Å². The van der Waals surface area contributed by atoms with Crippen LogP contribution in [0.5, 0.6) is 0 Å². The van der Waals surface area contributed by atoms with Gasteiger partial charge in [-0.1, -0.05) is 29.5 Å². The van der Waals surface area contributed by atoms with Crippen molar-refractivity contribution in [3.63, 3.8) is 0 Å². The molecule has 2 aromatic carbocycles. The number of ether oxygens (including phenoxy) is 1. The van der Waals surface area contributed by atoms with E-state index in [0.717, 1.165) is 6.07 Å². The molecule has 0 aliphatic carbocycles. The molecule has 0 bridgehead atoms. The summed E-state index contributed by atoms with van der Waals surface area (Å²) in [5.41, 5.74) is 5.49. The summed E-state index contributed by atoms with van der Waals surface area (Å²) in [5, 5.41) is 3.42. The standard InChI is InChI=1S/C29H26ClF3N4O5S/c1-42-25(38)8-3-4-13-43(2,41)37-28(40)21-15-19(26(34)35-17-21)10-9-18-6-5-7-22(14-18)36-27(39)20-11-12-24(30)23(16-20)29(31,32)33/h5-7,11-17H,3-4,8H2,1-2H3,(H2,34,35)(H,36,39)(H,37,40,41). The van der Waals surface area contributed by atoms with Gasteiger partial charge in [-0.2, -0.15) is 13.2 Å². The van der Waals surface area contributed by atoms with Crippen molar-refractivity contribution in [3.05, 3.63) is 87.6 Å². The molecule has 0 fully saturated rings. The smallest absolute Gasteiger partial charge is 0.417 e. The van der Waals surface area contributed by atoms with Gasteiger partial charge in [0.1, 0.15) is 5.82 Å². The normalized spacial score (nSPS) is 12.2. The molecule has 43 heavy (non-hydrogen) atoms. The van der Waals surface area contributed by atoms with Gasteiger partial charge in [-0.25, -0.2) is 9.19 Å². The Labute approximate surface area is 251 Å². The molecule has 0 spiro atoms. The molecule has 9 nitrogen and oxygen atoms in total. The number of amides is 2. The Morgan fingerprint density at radius 2 is 1.84 bits per heavy atom. The number of carbonyl (C=O) groups is 3. The third-order valence-corrected chi connectivity index (χ3v) is 7.51. The van der Waals surface area contributed by atoms with Crippen molar-refractivity contribution in [2.75, 3.05) is 24.4 Å². The molecule has 0 saturated carbocycles. The molecule has 1 aromatic heterocycles. The minimum absolute atomic E-state index is 0.0309. The van der Waals surface area contributed by atoms with Gasteiger partial charge in [0.2, 0.25) is 0 Å². The lowest BCUT2D eigenvalue weighted by atomic mass is 10.1. The average molecular weight is 635 g/mol. The third kappa shape index (κ3) is 9.76. The van der Waals surface area contributed by atoms with Gasteiger partial charge in [-0.05, 0) is 60.7 Å². The van der Waals surface area contributed by atoms with E-state index in [1.165, 1.54) is 49.2 Å². The Hall–Kier alpha value is -4.54. The van der Waals surface area contributed by atoms with Crippen molar-refractivity contribution < 1.29 is 36.5 Å². The number of unbranched alkanes of at least 4 members (excludes halogenated alkanes) is 1. The Balaban J connectivity index is 1.73. The highest BCUT2D eigenvalue weighted by Gasteiger charge is 2.33. The van der Waals surface area contributed by atoms with Gasteiger partial charge in [-0.15, -0.1) is 0 Å². The topological polar surface area (TPSA) is 140 Å². The number of nitrogens with two attached hydrogens (primary N) is 1. The molecule has 3 aromatic rings. The number of aromatic nitrogens is 1. The van der Waals surface area contributed by atoms with E-state index in [4.69, 9.17) is 17.3 Å². The Morgan fingerprint density at radius 1 is 1.09 bits per heavy atom. The number of halogens is 4. The number of carbonyl (C=O) groups excluding carboxylic acids is 3. The van der Waals surface area contributed by atoms with Crippen molar-refractivity contribution in [2.45, 2.75) is 25.4 Å². The van der Waals surface area contributed by atoms with Crippen LogP contribution in [0.2, 0.25) is 5.02 Å². The predicted molar refractivity (Wildman–Crippen MR) is 159 cm³/mol. The molecule has 1 atom stereocenters. The molecule has 4 N–H and O–H groups in total. The summed E-state index contributed by atoms with van der Waals surface area (Å²) in [7, 11) is -1.60. The number of alkyl halides is 3. The molecule has 3 rings (SSSR count). The van der Waals surface area contributed by atoms with E-state index in [-0.39, 0.29) is 40.6 Å². The fourth-order valence-corrected chi connectivity index (χ4v) is 4.95. The van der Waals surface area contributed by atoms with E-state index in [1.807, 2.05) is 0 Å². The van der Waals surface area contributed by atoms with Crippen molar-refractivity contribution in [1.82, 2.24) is 9.71 Å². The molecule has 2 amide bonds. The number of methoxy groups -OCH3 is 1. The summed E-state index contributed by atoms with van der Waals surface area (Å²) in [5.74, 6) is 3.81. The van der Waals surface area contributed by atoms with Crippen molar-refractivity contribution in [3.8, 4) is 11.8 Å². The van der Waals surface area contributed by atoms with Crippen LogP contribution in [-0.4, -0.2) is 45.7 Å². The largest absolute Gasteiger partial charge is 0.469 e. The molecule has 0 saturated heterocycles. The van der Waals surface area contributed by atoms with E-state index in [1.54, 1.807) is 12.1 Å². The average Bonchev–Trinajstić information content (AvgIpc) is 2.94. The molecule has 0 radical (unpaired) electrons. The van der Waals surface area contributed by atoms with E-state index in [0.29, 0.717) is 24.5 Å². The zero-order chi connectivity index (χ0) is 31.8. The number of nitrogen functional groups attached to an aromatic ring is 1. The van der Waals surface area contributed by atoms with E-state index < -0.39 is 38.3 Å². The minimum atomic E-state index is -4.72. The van der Waals surface area contributed by atoms with Crippen molar-refractivity contribution in [2.24, 2.45) is 0 Å². The second kappa shape index (κ2) is 14.1. The van der Waals surface area contributed by atoms with Crippen LogP contribution in [0, 0.1) is 11.8 Å². The number of rotatable bonds is 8. The fourth-order valence-electron chi connectivity index (χ4n) is 3.54. The summed E-state index contributed by atoms with van der Waals surface area (Å²) in [6.07, 6.45) is -1.29. The van der Waals surface area contributed by atoms with Crippen LogP contribution >= 0.6 is 11.6 Å². The molecule has 1 heterocycles. The Bertz CT molecular complexity index is 1740. The van der Waals surface area contributed by atoms with Crippen LogP contribution < -0.4 is 15.8 Å². The second-order valence-corrected chi connectivity index (χ2v) is 11.9. The number of benzene rings is 2. The number of esters is 1. The zero-order valence-corrected chi connectivity index (χ0v) is 24.5. The quantitative estimate of drug-likeness (QED) is 0.141. The summed E-state index contributed by atoms with van der Waals surface area (Å²) in [6, 6.07) is 10.4. The minimum Gasteiger partial charge on any atom is -0.469 e. The maximum absolute atomic E-state index is 13.2. The van der Waals surface area contributed by atoms with Crippen LogP contribution in [0.4, 0.5) is 24.7 Å². The zero-order valence-electron chi connectivity index (χ0n) is 22.9. The van der Waals surface area contributed by atoms with Crippen LogP contribution in [0.25, 0.3) is 0 Å². The molecular weight excluding hydrogens is 609 g/mol. The Morgan fingerprint density at radius 3 is 2.53 bits per heavy atom. The number of anilines is 2. The summed E-state index contributed by atoms with van der Waals surface area (Å²) in [4.78, 5) is 40.5. The monoisotopic (exact) mass is 634 g/mol. The van der Waals surface area contributed by atoms with E-state index in [9.17, 15) is 31.8 Å².